The summed E-state index contributed by atoms with van der Waals surface area (Å²) in [5, 5.41) is 0. The lowest BCUT2D eigenvalue weighted by atomic mass is 9.89. The van der Waals surface area contributed by atoms with Gasteiger partial charge in [-0.05, 0) is 30.5 Å². The molecule has 0 aliphatic rings. The topological polar surface area (TPSA) is 60.4 Å². The number of Topliss-reactive ketones (excluding diaryl/α,β-unsaturated/α-hetero) is 1. The van der Waals surface area contributed by atoms with Crippen molar-refractivity contribution in [2.45, 2.75) is 24.2 Å². The molecular weight excluding hydrogens is 336 g/mol. The minimum atomic E-state index is -4.00. The van der Waals surface area contributed by atoms with Crippen LogP contribution in [-0.2, 0) is 20.3 Å². The van der Waals surface area contributed by atoms with Gasteiger partial charge in [-0.25, -0.2) is 8.42 Å². The van der Waals surface area contributed by atoms with Crippen molar-refractivity contribution in [1.29, 1.82) is 0 Å². The number of hydrogen-bond acceptors (Lipinski definition) is 4. The summed E-state index contributed by atoms with van der Waals surface area (Å²) >= 11 is 0. The van der Waals surface area contributed by atoms with Crippen LogP contribution in [0.2, 0.25) is 0 Å². The fourth-order valence-electron chi connectivity index (χ4n) is 2.46. The summed E-state index contributed by atoms with van der Waals surface area (Å²) in [4.78, 5) is 12.0. The van der Waals surface area contributed by atoms with Gasteiger partial charge in [0.25, 0.3) is 9.05 Å². The Hall–Kier alpha value is -1.85. The van der Waals surface area contributed by atoms with Crippen LogP contribution in [0.4, 0.5) is 0 Å². The maximum Gasteiger partial charge on any atom is 0.261 e. The summed E-state index contributed by atoms with van der Waals surface area (Å²) in [7, 11) is 2.99. The van der Waals surface area contributed by atoms with Crippen molar-refractivity contribution in [1.82, 2.24) is 0 Å². The number of carbonyl (C=O) groups excluding carboxylic acids is 1. The first-order chi connectivity index (χ1) is 10.8. The largest absolute Gasteiger partial charge is 0.497 e. The molecule has 1 unspecified atom stereocenters. The molecule has 1 atom stereocenters. The molecule has 0 bridgehead atoms. The lowest BCUT2D eigenvalue weighted by Crippen LogP contribution is -2.15. The first-order valence-corrected chi connectivity index (χ1v) is 9.31. The standard InChI is InChI=1S/C17H17ClO4S/c1-12(19)16(10-13-6-4-3-5-7-13)15-9-8-14(22-2)11-17(15)23(18,20)21/h3-9,11,16H,10H2,1-2H3. The van der Waals surface area contributed by atoms with E-state index in [9.17, 15) is 13.2 Å². The highest BCUT2D eigenvalue weighted by atomic mass is 35.7. The zero-order valence-corrected chi connectivity index (χ0v) is 14.4. The van der Waals surface area contributed by atoms with Gasteiger partial charge in [0.05, 0.1) is 12.0 Å². The number of hydrogen-bond donors (Lipinski definition) is 0. The lowest BCUT2D eigenvalue weighted by molar-refractivity contribution is -0.118. The van der Waals surface area contributed by atoms with Gasteiger partial charge in [0, 0.05) is 22.7 Å². The summed E-state index contributed by atoms with van der Waals surface area (Å²) in [6.45, 7) is 1.45. The third-order valence-corrected chi connectivity index (χ3v) is 5.01. The highest BCUT2D eigenvalue weighted by molar-refractivity contribution is 8.13. The zero-order chi connectivity index (χ0) is 17.0. The highest BCUT2D eigenvalue weighted by Crippen LogP contribution is 2.32. The molecule has 0 saturated heterocycles. The first-order valence-electron chi connectivity index (χ1n) is 7.00. The Morgan fingerprint density at radius 2 is 1.83 bits per heavy atom. The second-order valence-electron chi connectivity index (χ2n) is 5.19. The van der Waals surface area contributed by atoms with Crippen molar-refractivity contribution in [2.24, 2.45) is 0 Å². The summed E-state index contributed by atoms with van der Waals surface area (Å²) in [5.41, 5.74) is 1.33. The quantitative estimate of drug-likeness (QED) is 0.746. The van der Waals surface area contributed by atoms with Gasteiger partial charge in [-0.2, -0.15) is 0 Å². The number of halogens is 1. The Bertz CT molecular complexity index is 801. The molecule has 4 nitrogen and oxygen atoms in total. The molecule has 0 aliphatic carbocycles. The maximum absolute atomic E-state index is 12.1. The number of methoxy groups -OCH3 is 1. The SMILES string of the molecule is COc1ccc(C(Cc2ccccc2)C(C)=O)c(S(=O)(=O)Cl)c1. The van der Waals surface area contributed by atoms with E-state index in [4.69, 9.17) is 15.4 Å². The summed E-state index contributed by atoms with van der Waals surface area (Å²) in [6.07, 6.45) is 0.405. The van der Waals surface area contributed by atoms with Gasteiger partial charge >= 0.3 is 0 Å². The van der Waals surface area contributed by atoms with Gasteiger partial charge in [-0.3, -0.25) is 4.79 Å². The summed E-state index contributed by atoms with van der Waals surface area (Å²) in [5.74, 6) is -0.345. The van der Waals surface area contributed by atoms with Gasteiger partial charge < -0.3 is 4.74 Å². The van der Waals surface area contributed by atoms with Gasteiger partial charge in [-0.1, -0.05) is 36.4 Å². The van der Waals surface area contributed by atoms with Crippen molar-refractivity contribution in [3.05, 3.63) is 59.7 Å². The molecule has 0 fully saturated rings. The first kappa shape index (κ1) is 17.5. The lowest BCUT2D eigenvalue weighted by Gasteiger charge is -2.18. The molecule has 0 aliphatic heterocycles. The molecule has 0 spiro atoms. The van der Waals surface area contributed by atoms with Crippen molar-refractivity contribution >= 4 is 25.5 Å². The van der Waals surface area contributed by atoms with Crippen LogP contribution in [0.1, 0.15) is 24.0 Å². The van der Waals surface area contributed by atoms with E-state index >= 15 is 0 Å². The maximum atomic E-state index is 12.1. The number of ether oxygens (including phenoxy) is 1. The Morgan fingerprint density at radius 3 is 2.35 bits per heavy atom. The van der Waals surface area contributed by atoms with Crippen molar-refractivity contribution in [3.8, 4) is 5.75 Å². The Kier molecular flexibility index (Phi) is 5.44. The fourth-order valence-corrected chi connectivity index (χ4v) is 3.61. The van der Waals surface area contributed by atoms with E-state index < -0.39 is 15.0 Å². The normalized spacial score (nSPS) is 12.7. The molecule has 0 saturated carbocycles. The average Bonchev–Trinajstić information content (AvgIpc) is 2.52. The molecule has 2 aromatic rings. The molecule has 0 heterocycles. The van der Waals surface area contributed by atoms with Crippen LogP contribution in [0.15, 0.2) is 53.4 Å². The second-order valence-corrected chi connectivity index (χ2v) is 7.73. The number of rotatable bonds is 6. The Balaban J connectivity index is 2.53. The van der Waals surface area contributed by atoms with Gasteiger partial charge in [-0.15, -0.1) is 0 Å². The van der Waals surface area contributed by atoms with Crippen LogP contribution < -0.4 is 4.74 Å². The van der Waals surface area contributed by atoms with E-state index in [2.05, 4.69) is 0 Å². The molecule has 0 amide bonds. The fraction of sp³-hybridized carbons (Fsp3) is 0.235. The number of carbonyl (C=O) groups is 1. The van der Waals surface area contributed by atoms with Crippen molar-refractivity contribution in [3.63, 3.8) is 0 Å². The van der Waals surface area contributed by atoms with Crippen LogP contribution in [0, 0.1) is 0 Å². The van der Waals surface area contributed by atoms with Crippen LogP contribution in [0.5, 0.6) is 5.75 Å². The molecule has 2 rings (SSSR count). The smallest absolute Gasteiger partial charge is 0.261 e. The van der Waals surface area contributed by atoms with E-state index in [1.807, 2.05) is 30.3 Å². The molecule has 0 N–H and O–H groups in total. The van der Waals surface area contributed by atoms with Crippen LogP contribution in [-0.4, -0.2) is 21.3 Å². The van der Waals surface area contributed by atoms with Gasteiger partial charge in [0.15, 0.2) is 0 Å². The molecule has 122 valence electrons. The number of benzene rings is 2. The van der Waals surface area contributed by atoms with E-state index in [0.717, 1.165) is 5.56 Å². The second kappa shape index (κ2) is 7.15. The minimum absolute atomic E-state index is 0.0883. The van der Waals surface area contributed by atoms with Crippen LogP contribution in [0.25, 0.3) is 0 Å². The van der Waals surface area contributed by atoms with Gasteiger partial charge in [0.2, 0.25) is 0 Å². The van der Waals surface area contributed by atoms with E-state index in [0.29, 0.717) is 17.7 Å². The molecule has 0 aromatic heterocycles. The van der Waals surface area contributed by atoms with E-state index in [1.165, 1.54) is 20.1 Å². The Morgan fingerprint density at radius 1 is 1.17 bits per heavy atom. The Labute approximate surface area is 140 Å². The van der Waals surface area contributed by atoms with Crippen LogP contribution in [0.3, 0.4) is 0 Å². The predicted molar refractivity (Wildman–Crippen MR) is 89.6 cm³/mol. The molecule has 2 aromatic carbocycles. The predicted octanol–water partition coefficient (Wildman–Crippen LogP) is 3.54. The molecule has 23 heavy (non-hydrogen) atoms. The minimum Gasteiger partial charge on any atom is -0.497 e. The molecular formula is C17H17ClO4S. The third-order valence-electron chi connectivity index (χ3n) is 3.63. The molecule has 6 heteroatoms. The highest BCUT2D eigenvalue weighted by Gasteiger charge is 2.26. The third kappa shape index (κ3) is 4.33. The summed E-state index contributed by atoms with van der Waals surface area (Å²) in [6, 6.07) is 14.0. The molecule has 0 radical (unpaired) electrons. The van der Waals surface area contributed by atoms with Crippen molar-refractivity contribution in [2.75, 3.05) is 7.11 Å². The van der Waals surface area contributed by atoms with E-state index in [-0.39, 0.29) is 10.7 Å². The van der Waals surface area contributed by atoms with E-state index in [1.54, 1.807) is 12.1 Å². The van der Waals surface area contributed by atoms with Gasteiger partial charge in [0.1, 0.15) is 11.5 Å². The summed E-state index contributed by atoms with van der Waals surface area (Å²) < 4.78 is 28.9. The van der Waals surface area contributed by atoms with Crippen molar-refractivity contribution < 1.29 is 17.9 Å². The average molecular weight is 353 g/mol. The zero-order valence-electron chi connectivity index (χ0n) is 12.8. The van der Waals surface area contributed by atoms with Crippen LogP contribution >= 0.6 is 10.7 Å². The monoisotopic (exact) mass is 352 g/mol. The number of ketones is 1.